The van der Waals surface area contributed by atoms with Crippen molar-refractivity contribution >= 4 is 38.2 Å². The molecule has 0 saturated heterocycles. The van der Waals surface area contributed by atoms with Crippen molar-refractivity contribution in [3.05, 3.63) is 98.7 Å². The Kier molecular flexibility index (Phi) is 7.14. The Morgan fingerprint density at radius 3 is 2.39 bits per heavy atom. The van der Waals surface area contributed by atoms with Crippen LogP contribution in [-0.2, 0) is 36.0 Å². The molecule has 4 heterocycles. The van der Waals surface area contributed by atoms with Crippen LogP contribution in [0.5, 0.6) is 0 Å². The normalized spacial score (nSPS) is 15.8. The third kappa shape index (κ3) is 5.14. The molecule has 0 unspecified atom stereocenters. The van der Waals surface area contributed by atoms with Gasteiger partial charge in [-0.15, -0.1) is 11.3 Å². The minimum atomic E-state index is -3.72. The number of nitrogens with one attached hydrogen (secondary N) is 1. The van der Waals surface area contributed by atoms with Gasteiger partial charge in [0.1, 0.15) is 5.00 Å². The van der Waals surface area contributed by atoms with Gasteiger partial charge in [0.2, 0.25) is 10.0 Å². The first-order valence-electron chi connectivity index (χ1n) is 13.5. The van der Waals surface area contributed by atoms with Crippen LogP contribution >= 0.6 is 11.3 Å². The lowest BCUT2D eigenvalue weighted by Crippen LogP contribution is -2.35. The van der Waals surface area contributed by atoms with E-state index in [1.54, 1.807) is 0 Å². The third-order valence-electron chi connectivity index (χ3n) is 7.74. The van der Waals surface area contributed by atoms with E-state index in [0.29, 0.717) is 48.6 Å². The maximum atomic E-state index is 13.7. The smallest absolute Gasteiger partial charge is 0.281 e. The molecular weight excluding hydrogens is 558 g/mol. The van der Waals surface area contributed by atoms with Gasteiger partial charge >= 0.3 is 0 Å². The van der Waals surface area contributed by atoms with E-state index in [2.05, 4.69) is 15.3 Å². The number of thiophene rings is 1. The zero-order chi connectivity index (χ0) is 28.9. The van der Waals surface area contributed by atoms with E-state index < -0.39 is 15.9 Å². The maximum absolute atomic E-state index is 13.7. The van der Waals surface area contributed by atoms with Crippen molar-refractivity contribution in [2.24, 2.45) is 0 Å². The standard InChI is InChI=1S/C30H31N5O4S2/c1-19-16-20(2)35(32-19)30(37)27-25-13-14-33(3)18-26(25)40-29(27)31-28(36)22-8-10-24(11-9-22)41(38,39)34-15-12-21-6-4-5-7-23(21)17-34/h4-11,16H,12-15,17-18H2,1-3H3,(H,31,36). The molecule has 2 aliphatic rings. The number of likely N-dealkylation sites (N-methyl/N-ethyl adjacent to an activating group) is 1. The number of hydrogen-bond acceptors (Lipinski definition) is 7. The van der Waals surface area contributed by atoms with Crippen molar-refractivity contribution in [3.63, 3.8) is 0 Å². The number of aromatic nitrogens is 2. The van der Waals surface area contributed by atoms with Gasteiger partial charge in [-0.3, -0.25) is 9.59 Å². The molecule has 1 amide bonds. The fourth-order valence-corrected chi connectivity index (χ4v) is 8.30. The van der Waals surface area contributed by atoms with Gasteiger partial charge in [0.15, 0.2) is 0 Å². The molecular formula is C30H31N5O4S2. The number of rotatable bonds is 5. The van der Waals surface area contributed by atoms with Crippen LogP contribution in [0.15, 0.2) is 59.5 Å². The van der Waals surface area contributed by atoms with Crippen LogP contribution in [0.1, 0.15) is 53.7 Å². The second-order valence-corrected chi connectivity index (χ2v) is 13.7. The number of carbonyl (C=O) groups excluding carboxylic acids is 2. The van der Waals surface area contributed by atoms with E-state index in [4.69, 9.17) is 0 Å². The van der Waals surface area contributed by atoms with Gasteiger partial charge in [-0.1, -0.05) is 24.3 Å². The number of nitrogens with zero attached hydrogens (tertiary/aromatic N) is 4. The van der Waals surface area contributed by atoms with E-state index in [-0.39, 0.29) is 10.8 Å². The first-order valence-corrected chi connectivity index (χ1v) is 15.8. The first-order chi connectivity index (χ1) is 19.6. The highest BCUT2D eigenvalue weighted by atomic mass is 32.2. The predicted molar refractivity (Wildman–Crippen MR) is 158 cm³/mol. The summed E-state index contributed by atoms with van der Waals surface area (Å²) >= 11 is 1.41. The molecule has 2 aromatic heterocycles. The molecule has 212 valence electrons. The molecule has 0 spiro atoms. The van der Waals surface area contributed by atoms with Crippen molar-refractivity contribution in [1.82, 2.24) is 19.0 Å². The summed E-state index contributed by atoms with van der Waals surface area (Å²) in [5.74, 6) is -0.673. The number of fused-ring (bicyclic) bond motifs is 2. The van der Waals surface area contributed by atoms with Gasteiger partial charge in [-0.2, -0.15) is 9.40 Å². The van der Waals surface area contributed by atoms with Crippen LogP contribution in [-0.4, -0.2) is 59.4 Å². The number of benzene rings is 2. The molecule has 0 radical (unpaired) electrons. The third-order valence-corrected chi connectivity index (χ3v) is 10.7. The molecule has 0 bridgehead atoms. The minimum Gasteiger partial charge on any atom is -0.313 e. The van der Waals surface area contributed by atoms with Crippen LogP contribution < -0.4 is 5.32 Å². The molecule has 0 atom stereocenters. The Balaban J connectivity index is 1.25. The highest BCUT2D eigenvalue weighted by Crippen LogP contribution is 2.38. The molecule has 0 aliphatic carbocycles. The highest BCUT2D eigenvalue weighted by molar-refractivity contribution is 7.89. The van der Waals surface area contributed by atoms with Crippen LogP contribution in [0.25, 0.3) is 0 Å². The van der Waals surface area contributed by atoms with Crippen LogP contribution in [0, 0.1) is 13.8 Å². The molecule has 0 fully saturated rings. The summed E-state index contributed by atoms with van der Waals surface area (Å²) < 4.78 is 29.6. The Morgan fingerprint density at radius 2 is 1.68 bits per heavy atom. The van der Waals surface area contributed by atoms with E-state index in [9.17, 15) is 18.0 Å². The van der Waals surface area contributed by atoms with Gasteiger partial charge < -0.3 is 10.2 Å². The average molecular weight is 590 g/mol. The van der Waals surface area contributed by atoms with Gasteiger partial charge in [0, 0.05) is 42.3 Å². The number of carbonyl (C=O) groups is 2. The average Bonchev–Trinajstić information content (AvgIpc) is 3.49. The minimum absolute atomic E-state index is 0.142. The van der Waals surface area contributed by atoms with E-state index >= 15 is 0 Å². The second-order valence-electron chi connectivity index (χ2n) is 10.7. The fraction of sp³-hybridized carbons (Fsp3) is 0.300. The van der Waals surface area contributed by atoms with Crippen molar-refractivity contribution in [3.8, 4) is 0 Å². The zero-order valence-electron chi connectivity index (χ0n) is 23.2. The van der Waals surface area contributed by atoms with E-state index in [1.165, 1.54) is 50.2 Å². The monoisotopic (exact) mass is 589 g/mol. The van der Waals surface area contributed by atoms with Crippen molar-refractivity contribution in [2.45, 2.75) is 44.7 Å². The predicted octanol–water partition coefficient (Wildman–Crippen LogP) is 4.24. The van der Waals surface area contributed by atoms with Crippen molar-refractivity contribution in [2.75, 3.05) is 25.5 Å². The van der Waals surface area contributed by atoms with Crippen molar-refractivity contribution < 1.29 is 18.0 Å². The quantitative estimate of drug-likeness (QED) is 0.374. The molecule has 9 nitrogen and oxygen atoms in total. The summed E-state index contributed by atoms with van der Waals surface area (Å²) in [6.45, 7) is 5.91. The van der Waals surface area contributed by atoms with E-state index in [0.717, 1.165) is 33.9 Å². The molecule has 0 saturated carbocycles. The molecule has 1 N–H and O–H groups in total. The summed E-state index contributed by atoms with van der Waals surface area (Å²) in [6.07, 6.45) is 1.36. The molecule has 6 rings (SSSR count). The van der Waals surface area contributed by atoms with Gasteiger partial charge in [0.25, 0.3) is 11.8 Å². The molecule has 11 heteroatoms. The highest BCUT2D eigenvalue weighted by Gasteiger charge is 2.31. The lowest BCUT2D eigenvalue weighted by molar-refractivity contribution is 0.0942. The Bertz CT molecular complexity index is 1770. The van der Waals surface area contributed by atoms with E-state index in [1.807, 2.05) is 51.2 Å². The number of sulfonamides is 1. The number of aryl methyl sites for hydroxylation is 2. The molecule has 4 aromatic rings. The first kappa shape index (κ1) is 27.5. The van der Waals surface area contributed by atoms with Crippen molar-refractivity contribution in [1.29, 1.82) is 0 Å². The molecule has 41 heavy (non-hydrogen) atoms. The molecule has 2 aliphatic heterocycles. The number of hydrogen-bond donors (Lipinski definition) is 1. The van der Waals surface area contributed by atoms with Gasteiger partial charge in [-0.25, -0.2) is 13.1 Å². The lowest BCUT2D eigenvalue weighted by atomic mass is 10.0. The summed E-state index contributed by atoms with van der Waals surface area (Å²) in [5.41, 5.74) is 5.38. The summed E-state index contributed by atoms with van der Waals surface area (Å²) in [7, 11) is -1.69. The largest absolute Gasteiger partial charge is 0.313 e. The Morgan fingerprint density at radius 1 is 0.951 bits per heavy atom. The Labute approximate surface area is 243 Å². The zero-order valence-corrected chi connectivity index (χ0v) is 24.8. The van der Waals surface area contributed by atoms with Gasteiger partial charge in [-0.05, 0) is 80.8 Å². The van der Waals surface area contributed by atoms with Gasteiger partial charge in [0.05, 0.1) is 16.2 Å². The maximum Gasteiger partial charge on any atom is 0.281 e. The second kappa shape index (κ2) is 10.6. The fourth-order valence-electron chi connectivity index (χ4n) is 5.56. The number of anilines is 1. The summed E-state index contributed by atoms with van der Waals surface area (Å²) in [5, 5.41) is 7.81. The summed E-state index contributed by atoms with van der Waals surface area (Å²) in [4.78, 5) is 30.4. The summed E-state index contributed by atoms with van der Waals surface area (Å²) in [6, 6.07) is 15.7. The van der Waals surface area contributed by atoms with Crippen LogP contribution in [0.4, 0.5) is 5.00 Å². The van der Waals surface area contributed by atoms with Crippen LogP contribution in [0.2, 0.25) is 0 Å². The topological polar surface area (TPSA) is 105 Å². The number of amides is 1. The SMILES string of the molecule is Cc1cc(C)n(C(=O)c2c(NC(=O)c3ccc(S(=O)(=O)N4CCc5ccccc5C4)cc3)sc3c2CCN(C)C3)n1. The van der Waals surface area contributed by atoms with Crippen LogP contribution in [0.3, 0.4) is 0 Å². The Hall–Kier alpha value is -3.64. The lowest BCUT2D eigenvalue weighted by Gasteiger charge is -2.28. The molecule has 2 aromatic carbocycles.